The number of nitrogens with one attached hydrogen (secondary N) is 1. The molecule has 88 valence electrons. The maximum absolute atomic E-state index is 6.30. The first-order valence-corrected chi connectivity index (χ1v) is 6.71. The molecule has 1 unspecified atom stereocenters. The Labute approximate surface area is 105 Å². The van der Waals surface area contributed by atoms with Crippen LogP contribution in [-0.4, -0.2) is 13.7 Å². The van der Waals surface area contributed by atoms with Crippen molar-refractivity contribution >= 4 is 22.9 Å². The van der Waals surface area contributed by atoms with Crippen LogP contribution in [0, 0.1) is 6.92 Å². The Bertz CT molecular complexity index is 400. The van der Waals surface area contributed by atoms with Gasteiger partial charge in [-0.05, 0) is 43.3 Å². The van der Waals surface area contributed by atoms with Gasteiger partial charge in [0.25, 0.3) is 0 Å². The lowest BCUT2D eigenvalue weighted by molar-refractivity contribution is 0.220. The van der Waals surface area contributed by atoms with Gasteiger partial charge in [0.1, 0.15) is 0 Å². The summed E-state index contributed by atoms with van der Waals surface area (Å²) in [6, 6.07) is 0.200. The molecular weight excluding hydrogens is 242 g/mol. The number of hydrogen-bond acceptors (Lipinski definition) is 3. The lowest BCUT2D eigenvalue weighted by Crippen LogP contribution is -2.20. The Morgan fingerprint density at radius 2 is 2.38 bits per heavy atom. The lowest BCUT2D eigenvalue weighted by Gasteiger charge is -2.22. The standard InChI is InChI=1S/C12H16ClNOS/c1-8-7-16-12(10(8)13)11(14-2)9-4-3-5-15-6-9/h6-7,11,14H,3-5H2,1-2H3. The zero-order valence-corrected chi connectivity index (χ0v) is 11.1. The van der Waals surface area contributed by atoms with Crippen LogP contribution in [0.3, 0.4) is 0 Å². The molecule has 0 saturated carbocycles. The molecule has 1 aromatic rings. The van der Waals surface area contributed by atoms with Crippen molar-refractivity contribution in [2.75, 3.05) is 13.7 Å². The van der Waals surface area contributed by atoms with E-state index in [1.54, 1.807) is 11.3 Å². The average molecular weight is 258 g/mol. The van der Waals surface area contributed by atoms with Gasteiger partial charge in [-0.15, -0.1) is 11.3 Å². The van der Waals surface area contributed by atoms with Gasteiger partial charge in [0.05, 0.1) is 23.9 Å². The zero-order valence-electron chi connectivity index (χ0n) is 9.55. The Morgan fingerprint density at radius 3 is 2.88 bits per heavy atom. The van der Waals surface area contributed by atoms with Crippen molar-refractivity contribution in [2.45, 2.75) is 25.8 Å². The predicted molar refractivity (Wildman–Crippen MR) is 69.1 cm³/mol. The van der Waals surface area contributed by atoms with Gasteiger partial charge in [0, 0.05) is 4.88 Å². The minimum atomic E-state index is 0.200. The van der Waals surface area contributed by atoms with Crippen LogP contribution in [0.5, 0.6) is 0 Å². The summed E-state index contributed by atoms with van der Waals surface area (Å²) in [6.45, 7) is 2.87. The van der Waals surface area contributed by atoms with Gasteiger partial charge in [-0.3, -0.25) is 0 Å². The molecule has 0 spiro atoms. The van der Waals surface area contributed by atoms with Gasteiger partial charge in [-0.2, -0.15) is 0 Å². The van der Waals surface area contributed by atoms with Crippen LogP contribution in [0.15, 0.2) is 17.2 Å². The summed E-state index contributed by atoms with van der Waals surface area (Å²) in [7, 11) is 1.96. The second-order valence-electron chi connectivity index (χ2n) is 3.99. The van der Waals surface area contributed by atoms with Gasteiger partial charge in [-0.1, -0.05) is 11.6 Å². The number of halogens is 1. The first-order valence-electron chi connectivity index (χ1n) is 5.45. The van der Waals surface area contributed by atoms with Crippen LogP contribution >= 0.6 is 22.9 Å². The van der Waals surface area contributed by atoms with E-state index in [-0.39, 0.29) is 6.04 Å². The normalized spacial score (nSPS) is 17.8. The summed E-state index contributed by atoms with van der Waals surface area (Å²) in [5, 5.41) is 6.31. The molecule has 0 bridgehead atoms. The van der Waals surface area contributed by atoms with Crippen LogP contribution in [0.4, 0.5) is 0 Å². The number of likely N-dealkylation sites (N-methyl/N-ethyl adjacent to an activating group) is 1. The van der Waals surface area contributed by atoms with Gasteiger partial charge in [0.2, 0.25) is 0 Å². The topological polar surface area (TPSA) is 21.3 Å². The van der Waals surface area contributed by atoms with Crippen LogP contribution in [-0.2, 0) is 4.74 Å². The molecule has 0 saturated heterocycles. The van der Waals surface area contributed by atoms with Gasteiger partial charge in [0.15, 0.2) is 0 Å². The molecule has 0 aliphatic carbocycles. The van der Waals surface area contributed by atoms with Crippen molar-refractivity contribution in [3.05, 3.63) is 32.7 Å². The fourth-order valence-electron chi connectivity index (χ4n) is 1.93. The zero-order chi connectivity index (χ0) is 11.5. The summed E-state index contributed by atoms with van der Waals surface area (Å²) < 4.78 is 5.39. The van der Waals surface area contributed by atoms with E-state index in [4.69, 9.17) is 16.3 Å². The van der Waals surface area contributed by atoms with Crippen molar-refractivity contribution < 1.29 is 4.74 Å². The first-order chi connectivity index (χ1) is 7.74. The highest BCUT2D eigenvalue weighted by Crippen LogP contribution is 2.37. The third kappa shape index (κ3) is 2.26. The van der Waals surface area contributed by atoms with Crippen molar-refractivity contribution in [2.24, 2.45) is 0 Å². The van der Waals surface area contributed by atoms with Gasteiger partial charge >= 0.3 is 0 Å². The predicted octanol–water partition coefficient (Wildman–Crippen LogP) is 3.66. The lowest BCUT2D eigenvalue weighted by atomic mass is 10.0. The maximum atomic E-state index is 6.30. The number of ether oxygens (including phenoxy) is 1. The molecule has 0 radical (unpaired) electrons. The Balaban J connectivity index is 2.28. The molecule has 0 aromatic carbocycles. The third-order valence-corrected chi connectivity index (χ3v) is 4.59. The quantitative estimate of drug-likeness (QED) is 0.892. The largest absolute Gasteiger partial charge is 0.501 e. The highest BCUT2D eigenvalue weighted by molar-refractivity contribution is 7.10. The number of rotatable bonds is 3. The second-order valence-corrected chi connectivity index (χ2v) is 5.27. The maximum Gasteiger partial charge on any atom is 0.0876 e. The number of aryl methyl sites for hydroxylation is 1. The van der Waals surface area contributed by atoms with E-state index < -0.39 is 0 Å². The van der Waals surface area contributed by atoms with Crippen LogP contribution < -0.4 is 5.32 Å². The molecule has 2 heterocycles. The molecule has 2 nitrogen and oxygen atoms in total. The van der Waals surface area contributed by atoms with Crippen LogP contribution in [0.2, 0.25) is 5.02 Å². The molecule has 0 amide bonds. The SMILES string of the molecule is CNC(C1=COCCC1)c1scc(C)c1Cl. The van der Waals surface area contributed by atoms with Gasteiger partial charge in [-0.25, -0.2) is 0 Å². The molecule has 2 rings (SSSR count). The smallest absolute Gasteiger partial charge is 0.0876 e. The van der Waals surface area contributed by atoms with Crippen LogP contribution in [0.25, 0.3) is 0 Å². The molecule has 16 heavy (non-hydrogen) atoms. The minimum absolute atomic E-state index is 0.200. The Kier molecular flexibility index (Phi) is 3.90. The van der Waals surface area contributed by atoms with Crippen molar-refractivity contribution in [1.82, 2.24) is 5.32 Å². The average Bonchev–Trinajstić information content (AvgIpc) is 2.64. The summed E-state index contributed by atoms with van der Waals surface area (Å²) in [5.74, 6) is 0. The molecule has 1 N–H and O–H groups in total. The summed E-state index contributed by atoms with van der Waals surface area (Å²) in [6.07, 6.45) is 4.06. The van der Waals surface area contributed by atoms with Crippen molar-refractivity contribution in [3.63, 3.8) is 0 Å². The van der Waals surface area contributed by atoms with Crippen LogP contribution in [0.1, 0.15) is 29.3 Å². The molecule has 4 heteroatoms. The van der Waals surface area contributed by atoms with E-state index in [2.05, 4.69) is 10.7 Å². The third-order valence-electron chi connectivity index (χ3n) is 2.81. The second kappa shape index (κ2) is 5.21. The molecule has 1 aliphatic rings. The number of hydrogen-bond donors (Lipinski definition) is 1. The minimum Gasteiger partial charge on any atom is -0.501 e. The fraction of sp³-hybridized carbons (Fsp3) is 0.500. The summed E-state index contributed by atoms with van der Waals surface area (Å²) in [4.78, 5) is 1.19. The van der Waals surface area contributed by atoms with Crippen molar-refractivity contribution in [3.8, 4) is 0 Å². The Morgan fingerprint density at radius 1 is 1.56 bits per heavy atom. The summed E-state index contributed by atoms with van der Waals surface area (Å²) in [5.41, 5.74) is 2.44. The monoisotopic (exact) mass is 257 g/mol. The molecule has 1 aliphatic heterocycles. The molecule has 1 atom stereocenters. The molecular formula is C12H16ClNOS. The van der Waals surface area contributed by atoms with E-state index in [1.807, 2.05) is 20.2 Å². The van der Waals surface area contributed by atoms with Gasteiger partial charge < -0.3 is 10.1 Å². The van der Waals surface area contributed by atoms with E-state index in [0.717, 1.165) is 30.0 Å². The van der Waals surface area contributed by atoms with E-state index in [9.17, 15) is 0 Å². The highest BCUT2D eigenvalue weighted by atomic mass is 35.5. The van der Waals surface area contributed by atoms with Crippen molar-refractivity contribution in [1.29, 1.82) is 0 Å². The van der Waals surface area contributed by atoms with E-state index in [1.165, 1.54) is 10.5 Å². The van der Waals surface area contributed by atoms with E-state index in [0.29, 0.717) is 0 Å². The Hall–Kier alpha value is -0.510. The molecule has 1 aromatic heterocycles. The summed E-state index contributed by atoms with van der Waals surface area (Å²) >= 11 is 8.02. The fourth-order valence-corrected chi connectivity index (χ4v) is 3.38. The molecule has 0 fully saturated rings. The van der Waals surface area contributed by atoms with E-state index >= 15 is 0 Å². The highest BCUT2D eigenvalue weighted by Gasteiger charge is 2.21. The number of thiophene rings is 1. The first kappa shape index (κ1) is 12.0.